The zero-order chi connectivity index (χ0) is 20.3. The summed E-state index contributed by atoms with van der Waals surface area (Å²) >= 11 is 0. The van der Waals surface area contributed by atoms with Gasteiger partial charge in [-0.2, -0.15) is 0 Å². The monoisotopic (exact) mass is 398 g/mol. The van der Waals surface area contributed by atoms with E-state index in [9.17, 15) is 4.79 Å². The van der Waals surface area contributed by atoms with Crippen LogP contribution in [0.3, 0.4) is 0 Å². The number of carbonyl (C=O) groups is 1. The number of benzene rings is 3. The van der Waals surface area contributed by atoms with Gasteiger partial charge in [0.15, 0.2) is 0 Å². The lowest BCUT2D eigenvalue weighted by molar-refractivity contribution is -0.122. The average Bonchev–Trinajstić information content (AvgIpc) is 3.22. The molecule has 2 unspecified atom stereocenters. The van der Waals surface area contributed by atoms with Crippen LogP contribution in [0.5, 0.6) is 5.75 Å². The highest BCUT2D eigenvalue weighted by Crippen LogP contribution is 2.39. The number of para-hydroxylation sites is 2. The van der Waals surface area contributed by atoms with Gasteiger partial charge in [0.25, 0.3) is 0 Å². The standard InChI is InChI=1S/C26H26N2O2/c29-26-22-9-6-11-23(22)27-24-10-4-5-12-25(24)28(26)17-19-13-15-21(16-14-19)30-18-20-7-2-1-3-8-20/h1-5,7-8,10,12-16,22-23,27H,6,9,11,17-18H2. The number of hydrogen-bond acceptors (Lipinski definition) is 3. The summed E-state index contributed by atoms with van der Waals surface area (Å²) in [6, 6.07) is 26.6. The van der Waals surface area contributed by atoms with Crippen LogP contribution in [0.2, 0.25) is 0 Å². The molecule has 5 rings (SSSR count). The van der Waals surface area contributed by atoms with Gasteiger partial charge in [-0.15, -0.1) is 0 Å². The van der Waals surface area contributed by atoms with E-state index in [1.807, 2.05) is 53.4 Å². The molecule has 0 spiro atoms. The van der Waals surface area contributed by atoms with E-state index in [4.69, 9.17) is 4.74 Å². The molecule has 0 bridgehead atoms. The number of amides is 1. The van der Waals surface area contributed by atoms with E-state index >= 15 is 0 Å². The number of rotatable bonds is 5. The fraction of sp³-hybridized carbons (Fsp3) is 0.269. The SMILES string of the molecule is O=C1C2CCCC2Nc2ccccc2N1Cc1ccc(OCc2ccccc2)cc1. The largest absolute Gasteiger partial charge is 0.489 e. The second kappa shape index (κ2) is 8.23. The van der Waals surface area contributed by atoms with Crippen molar-refractivity contribution in [3.63, 3.8) is 0 Å². The van der Waals surface area contributed by atoms with Gasteiger partial charge in [-0.25, -0.2) is 0 Å². The molecule has 1 amide bonds. The van der Waals surface area contributed by atoms with Gasteiger partial charge in [-0.1, -0.05) is 61.0 Å². The number of hydrogen-bond donors (Lipinski definition) is 1. The van der Waals surface area contributed by atoms with Crippen molar-refractivity contribution in [1.82, 2.24) is 0 Å². The highest BCUT2D eigenvalue weighted by atomic mass is 16.5. The normalized spacial score (nSPS) is 20.1. The molecular weight excluding hydrogens is 372 g/mol. The third kappa shape index (κ3) is 3.78. The molecule has 1 saturated carbocycles. The fourth-order valence-corrected chi connectivity index (χ4v) is 4.56. The van der Waals surface area contributed by atoms with Crippen molar-refractivity contribution >= 4 is 17.3 Å². The van der Waals surface area contributed by atoms with Crippen molar-refractivity contribution in [1.29, 1.82) is 0 Å². The Kier molecular flexibility index (Phi) is 5.14. The Morgan fingerprint density at radius 1 is 0.867 bits per heavy atom. The first-order valence-electron chi connectivity index (χ1n) is 10.7. The summed E-state index contributed by atoms with van der Waals surface area (Å²) in [5, 5.41) is 3.63. The van der Waals surface area contributed by atoms with Crippen molar-refractivity contribution in [2.75, 3.05) is 10.2 Å². The molecule has 4 heteroatoms. The van der Waals surface area contributed by atoms with Crippen LogP contribution >= 0.6 is 0 Å². The Bertz CT molecular complexity index is 1020. The number of fused-ring (bicyclic) bond motifs is 2. The van der Waals surface area contributed by atoms with E-state index < -0.39 is 0 Å². The Labute approximate surface area is 177 Å². The lowest BCUT2D eigenvalue weighted by Gasteiger charge is -2.25. The van der Waals surface area contributed by atoms with Crippen LogP contribution < -0.4 is 15.0 Å². The maximum Gasteiger partial charge on any atom is 0.232 e. The summed E-state index contributed by atoms with van der Waals surface area (Å²) in [5.74, 6) is 1.13. The maximum atomic E-state index is 13.4. The molecule has 0 saturated heterocycles. The minimum Gasteiger partial charge on any atom is -0.489 e. The second-order valence-electron chi connectivity index (χ2n) is 8.15. The van der Waals surface area contributed by atoms with Gasteiger partial charge in [-0.05, 0) is 48.2 Å². The minimum atomic E-state index is 0.0610. The maximum absolute atomic E-state index is 13.4. The smallest absolute Gasteiger partial charge is 0.232 e. The average molecular weight is 399 g/mol. The summed E-state index contributed by atoms with van der Waals surface area (Å²) in [4.78, 5) is 15.3. The Morgan fingerprint density at radius 2 is 1.63 bits per heavy atom. The first-order chi connectivity index (χ1) is 14.8. The molecule has 0 aromatic heterocycles. The molecule has 2 atom stereocenters. The molecule has 3 aromatic carbocycles. The number of carbonyl (C=O) groups excluding carboxylic acids is 1. The lowest BCUT2D eigenvalue weighted by atomic mass is 10.0. The molecule has 1 fully saturated rings. The van der Waals surface area contributed by atoms with E-state index in [1.165, 1.54) is 0 Å². The highest BCUT2D eigenvalue weighted by Gasteiger charge is 2.39. The molecule has 2 aliphatic rings. The molecule has 30 heavy (non-hydrogen) atoms. The fourth-order valence-electron chi connectivity index (χ4n) is 4.56. The van der Waals surface area contributed by atoms with Crippen LogP contribution in [-0.2, 0) is 17.9 Å². The van der Waals surface area contributed by atoms with Crippen molar-refractivity contribution in [2.24, 2.45) is 5.92 Å². The molecule has 1 N–H and O–H groups in total. The zero-order valence-corrected chi connectivity index (χ0v) is 17.0. The van der Waals surface area contributed by atoms with Crippen LogP contribution in [0.4, 0.5) is 11.4 Å². The van der Waals surface area contributed by atoms with Crippen LogP contribution in [0.15, 0.2) is 78.9 Å². The lowest BCUT2D eigenvalue weighted by Crippen LogP contribution is -2.38. The Hall–Kier alpha value is -3.27. The third-order valence-electron chi connectivity index (χ3n) is 6.15. The van der Waals surface area contributed by atoms with E-state index in [0.29, 0.717) is 13.2 Å². The van der Waals surface area contributed by atoms with Crippen molar-refractivity contribution in [3.8, 4) is 5.75 Å². The Morgan fingerprint density at radius 3 is 2.47 bits per heavy atom. The highest BCUT2D eigenvalue weighted by molar-refractivity contribution is 6.00. The van der Waals surface area contributed by atoms with Gasteiger partial charge in [-0.3, -0.25) is 4.79 Å². The molecule has 1 aliphatic heterocycles. The molecule has 4 nitrogen and oxygen atoms in total. The molecule has 1 heterocycles. The van der Waals surface area contributed by atoms with Gasteiger partial charge in [0, 0.05) is 6.04 Å². The van der Waals surface area contributed by atoms with Crippen LogP contribution in [-0.4, -0.2) is 11.9 Å². The van der Waals surface area contributed by atoms with Crippen molar-refractivity contribution < 1.29 is 9.53 Å². The van der Waals surface area contributed by atoms with E-state index in [0.717, 1.165) is 47.5 Å². The zero-order valence-electron chi connectivity index (χ0n) is 17.0. The summed E-state index contributed by atoms with van der Waals surface area (Å²) < 4.78 is 5.90. The van der Waals surface area contributed by atoms with Gasteiger partial charge in [0.1, 0.15) is 12.4 Å². The van der Waals surface area contributed by atoms with Crippen molar-refractivity contribution in [2.45, 2.75) is 38.5 Å². The second-order valence-corrected chi connectivity index (χ2v) is 8.15. The first kappa shape index (κ1) is 18.7. The summed E-state index contributed by atoms with van der Waals surface area (Å²) in [6.45, 7) is 1.12. The molecule has 3 aromatic rings. The van der Waals surface area contributed by atoms with Gasteiger partial charge < -0.3 is 15.0 Å². The quantitative estimate of drug-likeness (QED) is 0.626. The van der Waals surface area contributed by atoms with Gasteiger partial charge >= 0.3 is 0 Å². The molecule has 152 valence electrons. The summed E-state index contributed by atoms with van der Waals surface area (Å²) in [5.41, 5.74) is 4.28. The van der Waals surface area contributed by atoms with E-state index in [2.05, 4.69) is 35.6 Å². The number of nitrogens with one attached hydrogen (secondary N) is 1. The molecule has 0 radical (unpaired) electrons. The van der Waals surface area contributed by atoms with Gasteiger partial charge in [0.05, 0.1) is 23.8 Å². The third-order valence-corrected chi connectivity index (χ3v) is 6.15. The Balaban J connectivity index is 1.33. The molecular formula is C26H26N2O2. The predicted molar refractivity (Wildman–Crippen MR) is 120 cm³/mol. The topological polar surface area (TPSA) is 41.6 Å². The van der Waals surface area contributed by atoms with Crippen LogP contribution in [0, 0.1) is 5.92 Å². The summed E-state index contributed by atoms with van der Waals surface area (Å²) in [7, 11) is 0. The minimum absolute atomic E-state index is 0.0610. The van der Waals surface area contributed by atoms with Crippen LogP contribution in [0.1, 0.15) is 30.4 Å². The molecule has 1 aliphatic carbocycles. The number of nitrogens with zero attached hydrogens (tertiary/aromatic N) is 1. The van der Waals surface area contributed by atoms with Gasteiger partial charge in [0.2, 0.25) is 5.91 Å². The van der Waals surface area contributed by atoms with Crippen LogP contribution in [0.25, 0.3) is 0 Å². The van der Waals surface area contributed by atoms with E-state index in [-0.39, 0.29) is 17.9 Å². The predicted octanol–water partition coefficient (Wildman–Crippen LogP) is 5.39. The number of anilines is 2. The van der Waals surface area contributed by atoms with Crippen molar-refractivity contribution in [3.05, 3.63) is 90.0 Å². The number of ether oxygens (including phenoxy) is 1. The summed E-state index contributed by atoms with van der Waals surface area (Å²) in [6.07, 6.45) is 3.14. The first-order valence-corrected chi connectivity index (χ1v) is 10.7. The van der Waals surface area contributed by atoms with E-state index in [1.54, 1.807) is 0 Å².